The van der Waals surface area contributed by atoms with Crippen LogP contribution in [0.2, 0.25) is 0 Å². The number of esters is 1. The lowest BCUT2D eigenvalue weighted by atomic mass is 10.3. The van der Waals surface area contributed by atoms with E-state index in [2.05, 4.69) is 0 Å². The highest BCUT2D eigenvalue weighted by atomic mass is 19.1. The topological polar surface area (TPSA) is 52.3 Å². The fraction of sp³-hybridized carbons (Fsp3) is 0.222. The molecule has 70 valence electrons. The van der Waals surface area contributed by atoms with Gasteiger partial charge in [-0.1, -0.05) is 6.92 Å². The molecule has 2 N–H and O–H groups in total. The Balaban J connectivity index is 2.79. The van der Waals surface area contributed by atoms with E-state index < -0.39 is 5.82 Å². The number of nitrogens with two attached hydrogens (primary N) is 1. The fourth-order valence-electron chi connectivity index (χ4n) is 0.789. The Hall–Kier alpha value is -1.58. The predicted molar refractivity (Wildman–Crippen MR) is 46.7 cm³/mol. The normalized spacial score (nSPS) is 9.69. The van der Waals surface area contributed by atoms with Crippen molar-refractivity contribution < 1.29 is 13.9 Å². The summed E-state index contributed by atoms with van der Waals surface area (Å²) in [7, 11) is 0. The average molecular weight is 183 g/mol. The zero-order chi connectivity index (χ0) is 9.84. The monoisotopic (exact) mass is 183 g/mol. The summed E-state index contributed by atoms with van der Waals surface area (Å²) in [5.74, 6) is -0.618. The van der Waals surface area contributed by atoms with E-state index in [0.717, 1.165) is 6.07 Å². The largest absolute Gasteiger partial charge is 0.426 e. The van der Waals surface area contributed by atoms with Crippen LogP contribution in [-0.4, -0.2) is 5.97 Å². The number of carbonyl (C=O) groups is 1. The summed E-state index contributed by atoms with van der Waals surface area (Å²) in [6.07, 6.45) is 0.275. The van der Waals surface area contributed by atoms with Gasteiger partial charge in [-0.3, -0.25) is 4.79 Å². The first-order valence-corrected chi connectivity index (χ1v) is 3.89. The van der Waals surface area contributed by atoms with Crippen molar-refractivity contribution in [3.05, 3.63) is 24.0 Å². The minimum atomic E-state index is -0.517. The number of benzene rings is 1. The Labute approximate surface area is 75.3 Å². The molecule has 0 spiro atoms. The van der Waals surface area contributed by atoms with Gasteiger partial charge in [0, 0.05) is 12.5 Å². The van der Waals surface area contributed by atoms with E-state index in [0.29, 0.717) is 0 Å². The molecule has 0 heterocycles. The maximum atomic E-state index is 12.7. The van der Waals surface area contributed by atoms with Crippen molar-refractivity contribution in [3.8, 4) is 5.75 Å². The quantitative estimate of drug-likeness (QED) is 0.431. The van der Waals surface area contributed by atoms with Crippen molar-refractivity contribution in [1.82, 2.24) is 0 Å². The molecule has 0 bridgehead atoms. The Morgan fingerprint density at radius 2 is 2.31 bits per heavy atom. The van der Waals surface area contributed by atoms with Crippen molar-refractivity contribution in [1.29, 1.82) is 0 Å². The van der Waals surface area contributed by atoms with Crippen LogP contribution in [0.15, 0.2) is 18.2 Å². The van der Waals surface area contributed by atoms with Crippen LogP contribution in [0, 0.1) is 5.82 Å². The van der Waals surface area contributed by atoms with Crippen LogP contribution < -0.4 is 10.5 Å². The van der Waals surface area contributed by atoms with Gasteiger partial charge in [0.25, 0.3) is 0 Å². The molecule has 0 aliphatic heterocycles. The van der Waals surface area contributed by atoms with E-state index in [1.54, 1.807) is 6.92 Å². The van der Waals surface area contributed by atoms with Gasteiger partial charge in [0.1, 0.15) is 11.6 Å². The lowest BCUT2D eigenvalue weighted by Gasteiger charge is -2.03. The minimum Gasteiger partial charge on any atom is -0.426 e. The lowest BCUT2D eigenvalue weighted by molar-refractivity contribution is -0.134. The first-order valence-electron chi connectivity index (χ1n) is 3.89. The first kappa shape index (κ1) is 9.51. The Morgan fingerprint density at radius 1 is 1.62 bits per heavy atom. The van der Waals surface area contributed by atoms with Gasteiger partial charge in [-0.15, -0.1) is 0 Å². The predicted octanol–water partition coefficient (Wildman–Crippen LogP) is 1.72. The summed E-state index contributed by atoms with van der Waals surface area (Å²) in [5, 5.41) is 0. The van der Waals surface area contributed by atoms with E-state index in [1.165, 1.54) is 12.1 Å². The van der Waals surface area contributed by atoms with Gasteiger partial charge in [0.05, 0.1) is 5.69 Å². The number of halogens is 1. The Morgan fingerprint density at radius 3 is 2.85 bits per heavy atom. The van der Waals surface area contributed by atoms with Gasteiger partial charge < -0.3 is 10.5 Å². The molecule has 0 aromatic heterocycles. The molecule has 1 aromatic rings. The molecule has 0 amide bonds. The summed E-state index contributed by atoms with van der Waals surface area (Å²) in [4.78, 5) is 10.8. The highest BCUT2D eigenvalue weighted by Gasteiger charge is 2.03. The second-order valence-electron chi connectivity index (χ2n) is 2.51. The molecule has 4 heteroatoms. The van der Waals surface area contributed by atoms with Gasteiger partial charge in [-0.2, -0.15) is 0 Å². The summed E-state index contributed by atoms with van der Waals surface area (Å²) in [6, 6.07) is 3.80. The summed E-state index contributed by atoms with van der Waals surface area (Å²) < 4.78 is 17.5. The number of hydrogen-bond acceptors (Lipinski definition) is 3. The maximum absolute atomic E-state index is 12.7. The van der Waals surface area contributed by atoms with Crippen molar-refractivity contribution in [2.75, 3.05) is 5.73 Å². The van der Waals surface area contributed by atoms with Crippen LogP contribution in [0.4, 0.5) is 10.1 Å². The fourth-order valence-corrected chi connectivity index (χ4v) is 0.789. The summed E-state index contributed by atoms with van der Waals surface area (Å²) in [6.45, 7) is 1.68. The van der Waals surface area contributed by atoms with Crippen molar-refractivity contribution in [2.24, 2.45) is 0 Å². The second-order valence-corrected chi connectivity index (χ2v) is 2.51. The molecule has 0 aliphatic carbocycles. The zero-order valence-corrected chi connectivity index (χ0v) is 7.21. The summed E-state index contributed by atoms with van der Waals surface area (Å²) in [5.41, 5.74) is 5.25. The van der Waals surface area contributed by atoms with E-state index in [-0.39, 0.29) is 23.8 Å². The molecule has 0 radical (unpaired) electrons. The molecule has 0 saturated carbocycles. The number of anilines is 1. The maximum Gasteiger partial charge on any atom is 0.310 e. The van der Waals surface area contributed by atoms with Crippen LogP contribution in [0.1, 0.15) is 13.3 Å². The Kier molecular flexibility index (Phi) is 2.84. The van der Waals surface area contributed by atoms with Gasteiger partial charge in [-0.05, 0) is 12.1 Å². The van der Waals surface area contributed by atoms with Gasteiger partial charge >= 0.3 is 5.97 Å². The second kappa shape index (κ2) is 3.89. The van der Waals surface area contributed by atoms with E-state index in [4.69, 9.17) is 10.5 Å². The van der Waals surface area contributed by atoms with E-state index in [9.17, 15) is 9.18 Å². The van der Waals surface area contributed by atoms with Crippen LogP contribution >= 0.6 is 0 Å². The van der Waals surface area contributed by atoms with Gasteiger partial charge in [0.15, 0.2) is 0 Å². The highest BCUT2D eigenvalue weighted by Crippen LogP contribution is 2.18. The molecule has 3 nitrogen and oxygen atoms in total. The summed E-state index contributed by atoms with van der Waals surface area (Å²) >= 11 is 0. The van der Waals surface area contributed by atoms with Crippen LogP contribution in [-0.2, 0) is 4.79 Å². The van der Waals surface area contributed by atoms with Gasteiger partial charge in [-0.25, -0.2) is 4.39 Å². The van der Waals surface area contributed by atoms with Crippen molar-refractivity contribution in [2.45, 2.75) is 13.3 Å². The standard InChI is InChI=1S/C9H10FNO2/c1-2-9(12)13-6-3-4-7(10)8(11)5-6/h3-5H,2,11H2,1H3. The molecule has 1 rings (SSSR count). The number of hydrogen-bond donors (Lipinski definition) is 1. The Bertz CT molecular complexity index is 325. The lowest BCUT2D eigenvalue weighted by Crippen LogP contribution is -2.05. The van der Waals surface area contributed by atoms with Crippen LogP contribution in [0.5, 0.6) is 5.75 Å². The molecule has 13 heavy (non-hydrogen) atoms. The number of rotatable bonds is 2. The van der Waals surface area contributed by atoms with Crippen LogP contribution in [0.3, 0.4) is 0 Å². The zero-order valence-electron chi connectivity index (χ0n) is 7.21. The molecule has 1 aromatic carbocycles. The van der Waals surface area contributed by atoms with E-state index >= 15 is 0 Å². The molecule has 0 atom stereocenters. The third kappa shape index (κ3) is 2.43. The molecular formula is C9H10FNO2. The number of carbonyl (C=O) groups excluding carboxylic acids is 1. The first-order chi connectivity index (χ1) is 6.13. The van der Waals surface area contributed by atoms with Crippen molar-refractivity contribution in [3.63, 3.8) is 0 Å². The van der Waals surface area contributed by atoms with Crippen molar-refractivity contribution >= 4 is 11.7 Å². The number of nitrogen functional groups attached to an aromatic ring is 1. The van der Waals surface area contributed by atoms with Crippen LogP contribution in [0.25, 0.3) is 0 Å². The van der Waals surface area contributed by atoms with E-state index in [1.807, 2.05) is 0 Å². The molecule has 0 fully saturated rings. The molecule has 0 saturated heterocycles. The smallest absolute Gasteiger partial charge is 0.310 e. The highest BCUT2D eigenvalue weighted by molar-refractivity contribution is 5.72. The minimum absolute atomic E-state index is 0.0265. The SMILES string of the molecule is CCC(=O)Oc1ccc(F)c(N)c1. The van der Waals surface area contributed by atoms with Gasteiger partial charge in [0.2, 0.25) is 0 Å². The average Bonchev–Trinajstić information content (AvgIpc) is 2.11. The molecular weight excluding hydrogens is 173 g/mol. The molecule has 0 unspecified atom stereocenters. The number of ether oxygens (including phenoxy) is 1. The third-order valence-electron chi connectivity index (χ3n) is 1.49. The third-order valence-corrected chi connectivity index (χ3v) is 1.49. The molecule has 0 aliphatic rings.